The summed E-state index contributed by atoms with van der Waals surface area (Å²) in [7, 11) is 0. The first-order valence-electron chi connectivity index (χ1n) is 5.73. The molecule has 90 valence electrons. The van der Waals surface area contributed by atoms with E-state index in [4.69, 9.17) is 27.9 Å². The van der Waals surface area contributed by atoms with Crippen molar-refractivity contribution in [3.05, 3.63) is 33.8 Å². The molecule has 0 aliphatic rings. The minimum Gasteiger partial charge on any atom is -0.373 e. The van der Waals surface area contributed by atoms with E-state index < -0.39 is 0 Å². The van der Waals surface area contributed by atoms with E-state index in [-0.39, 0.29) is 0 Å². The highest BCUT2D eigenvalue weighted by Gasteiger charge is 2.09. The van der Waals surface area contributed by atoms with Gasteiger partial charge in [-0.2, -0.15) is 0 Å². The van der Waals surface area contributed by atoms with Crippen LogP contribution in [0.2, 0.25) is 10.0 Å². The number of rotatable bonds is 6. The maximum absolute atomic E-state index is 6.07. The molecule has 1 aromatic rings. The van der Waals surface area contributed by atoms with Gasteiger partial charge in [0, 0.05) is 15.6 Å². The fourth-order valence-electron chi connectivity index (χ4n) is 1.60. The van der Waals surface area contributed by atoms with Gasteiger partial charge in [0.15, 0.2) is 0 Å². The van der Waals surface area contributed by atoms with Gasteiger partial charge >= 0.3 is 0 Å². The zero-order valence-corrected chi connectivity index (χ0v) is 11.3. The molecule has 0 amide bonds. The van der Waals surface area contributed by atoms with Crippen molar-refractivity contribution in [3.8, 4) is 0 Å². The number of halogens is 2. The fourth-order valence-corrected chi connectivity index (χ4v) is 2.11. The Morgan fingerprint density at radius 1 is 1.19 bits per heavy atom. The summed E-state index contributed by atoms with van der Waals surface area (Å²) < 4.78 is 5.81. The maximum Gasteiger partial charge on any atom is 0.0749 e. The van der Waals surface area contributed by atoms with Crippen LogP contribution in [0.4, 0.5) is 0 Å². The predicted molar refractivity (Wildman–Crippen MR) is 70.2 cm³/mol. The second kappa shape index (κ2) is 7.16. The van der Waals surface area contributed by atoms with E-state index in [1.165, 1.54) is 0 Å². The molecular formula is C13H18Cl2O. The topological polar surface area (TPSA) is 9.23 Å². The molecule has 0 radical (unpaired) electrons. The average Bonchev–Trinajstić information content (AvgIpc) is 2.27. The van der Waals surface area contributed by atoms with Crippen LogP contribution >= 0.6 is 23.2 Å². The molecular weight excluding hydrogens is 243 g/mol. The molecule has 0 heterocycles. The van der Waals surface area contributed by atoms with Crippen LogP contribution in [0.3, 0.4) is 0 Å². The van der Waals surface area contributed by atoms with Crippen molar-refractivity contribution in [1.29, 1.82) is 0 Å². The van der Waals surface area contributed by atoms with Gasteiger partial charge in [0.2, 0.25) is 0 Å². The molecule has 16 heavy (non-hydrogen) atoms. The van der Waals surface area contributed by atoms with Crippen molar-refractivity contribution in [2.45, 2.75) is 45.8 Å². The first-order chi connectivity index (χ1) is 7.69. The first kappa shape index (κ1) is 13.8. The highest BCUT2D eigenvalue weighted by atomic mass is 35.5. The summed E-state index contributed by atoms with van der Waals surface area (Å²) in [4.78, 5) is 0. The molecule has 0 N–H and O–H groups in total. The van der Waals surface area contributed by atoms with Crippen LogP contribution in [-0.4, -0.2) is 6.10 Å². The van der Waals surface area contributed by atoms with Gasteiger partial charge < -0.3 is 4.74 Å². The van der Waals surface area contributed by atoms with Gasteiger partial charge in [-0.05, 0) is 25.0 Å². The number of benzene rings is 1. The zero-order valence-electron chi connectivity index (χ0n) is 9.80. The highest BCUT2D eigenvalue weighted by molar-refractivity contribution is 6.35. The Morgan fingerprint density at radius 2 is 1.81 bits per heavy atom. The Kier molecular flexibility index (Phi) is 6.18. The van der Waals surface area contributed by atoms with Crippen molar-refractivity contribution in [3.63, 3.8) is 0 Å². The molecule has 1 atom stereocenters. The third-order valence-electron chi connectivity index (χ3n) is 2.59. The van der Waals surface area contributed by atoms with Crippen LogP contribution in [-0.2, 0) is 11.3 Å². The van der Waals surface area contributed by atoms with Crippen molar-refractivity contribution in [1.82, 2.24) is 0 Å². The lowest BCUT2D eigenvalue weighted by Crippen LogP contribution is -2.11. The summed E-state index contributed by atoms with van der Waals surface area (Å²) >= 11 is 12.1. The van der Waals surface area contributed by atoms with Crippen LogP contribution < -0.4 is 0 Å². The van der Waals surface area contributed by atoms with Crippen LogP contribution in [0.1, 0.15) is 38.7 Å². The van der Waals surface area contributed by atoms with Crippen LogP contribution in [0.5, 0.6) is 0 Å². The van der Waals surface area contributed by atoms with E-state index in [2.05, 4.69) is 13.8 Å². The molecule has 1 nitrogen and oxygen atoms in total. The lowest BCUT2D eigenvalue weighted by molar-refractivity contribution is 0.0323. The molecule has 1 unspecified atom stereocenters. The van der Waals surface area contributed by atoms with Gasteiger partial charge in [0.1, 0.15) is 0 Å². The Labute approximate surface area is 108 Å². The molecule has 0 aromatic heterocycles. The van der Waals surface area contributed by atoms with Crippen molar-refractivity contribution >= 4 is 23.2 Å². The van der Waals surface area contributed by atoms with Crippen molar-refractivity contribution in [2.75, 3.05) is 0 Å². The summed E-state index contributed by atoms with van der Waals surface area (Å²) in [5, 5.41) is 1.36. The molecule has 3 heteroatoms. The largest absolute Gasteiger partial charge is 0.373 e. The second-order valence-electron chi connectivity index (χ2n) is 3.83. The first-order valence-corrected chi connectivity index (χ1v) is 6.49. The van der Waals surface area contributed by atoms with Crippen LogP contribution in [0, 0.1) is 0 Å². The number of hydrogen-bond acceptors (Lipinski definition) is 1. The molecule has 1 aromatic carbocycles. The molecule has 1 rings (SSSR count). The summed E-state index contributed by atoms with van der Waals surface area (Å²) in [5.74, 6) is 0. The van der Waals surface area contributed by atoms with E-state index in [0.717, 1.165) is 24.8 Å². The maximum atomic E-state index is 6.07. The van der Waals surface area contributed by atoms with E-state index in [0.29, 0.717) is 22.8 Å². The molecule has 0 saturated heterocycles. The van der Waals surface area contributed by atoms with E-state index in [1.807, 2.05) is 18.2 Å². The molecule has 0 spiro atoms. The van der Waals surface area contributed by atoms with Crippen molar-refractivity contribution < 1.29 is 4.74 Å². The summed E-state index contributed by atoms with van der Waals surface area (Å²) in [6.45, 7) is 4.79. The molecule has 0 saturated carbocycles. The van der Waals surface area contributed by atoms with Gasteiger partial charge in [-0.25, -0.2) is 0 Å². The molecule has 0 fully saturated rings. The Balaban J connectivity index is 2.59. The molecule has 0 bridgehead atoms. The van der Waals surface area contributed by atoms with E-state index in [1.54, 1.807) is 0 Å². The van der Waals surface area contributed by atoms with Crippen LogP contribution in [0.15, 0.2) is 18.2 Å². The summed E-state index contributed by atoms with van der Waals surface area (Å²) in [6.07, 6.45) is 3.54. The van der Waals surface area contributed by atoms with Gasteiger partial charge in [-0.15, -0.1) is 0 Å². The van der Waals surface area contributed by atoms with Gasteiger partial charge in [0.05, 0.1) is 12.7 Å². The SMILES string of the molecule is CCCC(CC)OCc1c(Cl)cccc1Cl. The lowest BCUT2D eigenvalue weighted by atomic mass is 10.1. The fraction of sp³-hybridized carbons (Fsp3) is 0.538. The quantitative estimate of drug-likeness (QED) is 0.693. The number of hydrogen-bond donors (Lipinski definition) is 0. The summed E-state index contributed by atoms with van der Waals surface area (Å²) in [6, 6.07) is 5.53. The van der Waals surface area contributed by atoms with Gasteiger partial charge in [-0.1, -0.05) is 49.5 Å². The van der Waals surface area contributed by atoms with Crippen molar-refractivity contribution in [2.24, 2.45) is 0 Å². The standard InChI is InChI=1S/C13H18Cl2O/c1-3-6-10(4-2)16-9-11-12(14)7-5-8-13(11)15/h5,7-8,10H,3-4,6,9H2,1-2H3. The van der Waals surface area contributed by atoms with Crippen LogP contribution in [0.25, 0.3) is 0 Å². The zero-order chi connectivity index (χ0) is 12.0. The Bertz CT molecular complexity index is 305. The summed E-state index contributed by atoms with van der Waals surface area (Å²) in [5.41, 5.74) is 0.889. The van der Waals surface area contributed by atoms with Gasteiger partial charge in [0.25, 0.3) is 0 Å². The third-order valence-corrected chi connectivity index (χ3v) is 3.30. The predicted octanol–water partition coefficient (Wildman–Crippen LogP) is 5.09. The lowest BCUT2D eigenvalue weighted by Gasteiger charge is -2.16. The monoisotopic (exact) mass is 260 g/mol. The smallest absolute Gasteiger partial charge is 0.0749 e. The second-order valence-corrected chi connectivity index (χ2v) is 4.64. The minimum atomic E-state index is 0.303. The van der Waals surface area contributed by atoms with Gasteiger partial charge in [-0.3, -0.25) is 0 Å². The minimum absolute atomic E-state index is 0.303. The highest BCUT2D eigenvalue weighted by Crippen LogP contribution is 2.25. The van der Waals surface area contributed by atoms with E-state index in [9.17, 15) is 0 Å². The average molecular weight is 261 g/mol. The van der Waals surface area contributed by atoms with E-state index >= 15 is 0 Å². The molecule has 0 aliphatic carbocycles. The Hall–Kier alpha value is -0.240. The third kappa shape index (κ3) is 3.97. The normalized spacial score (nSPS) is 12.8. The molecule has 0 aliphatic heterocycles. The number of ether oxygens (including phenoxy) is 1. The Morgan fingerprint density at radius 3 is 2.31 bits per heavy atom.